The molecule has 0 fully saturated rings. The van der Waals surface area contributed by atoms with Crippen molar-refractivity contribution in [3.63, 3.8) is 0 Å². The fourth-order valence-corrected chi connectivity index (χ4v) is 4.00. The molecule has 0 N–H and O–H groups in total. The zero-order valence-electron chi connectivity index (χ0n) is 19.8. The van der Waals surface area contributed by atoms with Crippen LogP contribution in [0.15, 0.2) is 60.8 Å². The molecule has 0 aliphatic rings. The predicted octanol–water partition coefficient (Wildman–Crippen LogP) is 6.98. The summed E-state index contributed by atoms with van der Waals surface area (Å²) in [5.74, 6) is 0.253. The lowest BCUT2D eigenvalue weighted by atomic mass is 10.1. The molecule has 0 unspecified atom stereocenters. The number of ether oxygens (including phenoxy) is 2. The summed E-state index contributed by atoms with van der Waals surface area (Å²) in [6.07, 6.45) is -3.60. The molecule has 35 heavy (non-hydrogen) atoms. The van der Waals surface area contributed by atoms with Crippen LogP contribution in [0.4, 0.5) is 13.2 Å². The number of halogens is 3. The number of fused-ring (bicyclic) bond motifs is 1. The zero-order chi connectivity index (χ0) is 25.3. The van der Waals surface area contributed by atoms with Crippen LogP contribution in [-0.2, 0) is 10.9 Å². The van der Waals surface area contributed by atoms with Gasteiger partial charge < -0.3 is 14.0 Å². The molecule has 0 saturated carbocycles. The Hall–Kier alpha value is -3.81. The van der Waals surface area contributed by atoms with E-state index in [2.05, 4.69) is 4.98 Å². The number of esters is 1. The highest BCUT2D eigenvalue weighted by Crippen LogP contribution is 2.34. The fraction of sp³-hybridized carbons (Fsp3) is 0.259. The molecule has 0 bridgehead atoms. The lowest BCUT2D eigenvalue weighted by Crippen LogP contribution is -2.12. The number of carbonyl (C=O) groups is 1. The summed E-state index contributed by atoms with van der Waals surface area (Å²) in [6, 6.07) is 15.2. The Morgan fingerprint density at radius 2 is 1.77 bits per heavy atom. The molecule has 0 saturated heterocycles. The highest BCUT2D eigenvalue weighted by Gasteiger charge is 2.30. The molecule has 2 heterocycles. The molecule has 0 aliphatic heterocycles. The first kappa shape index (κ1) is 24.3. The van der Waals surface area contributed by atoms with Crippen molar-refractivity contribution in [1.82, 2.24) is 9.55 Å². The van der Waals surface area contributed by atoms with Gasteiger partial charge in [0.2, 0.25) is 0 Å². The van der Waals surface area contributed by atoms with E-state index < -0.39 is 17.7 Å². The van der Waals surface area contributed by atoms with Gasteiger partial charge in [-0.2, -0.15) is 13.2 Å². The maximum atomic E-state index is 12.9. The van der Waals surface area contributed by atoms with Crippen LogP contribution >= 0.6 is 0 Å². The van der Waals surface area contributed by atoms with Crippen LogP contribution in [0.25, 0.3) is 27.8 Å². The highest BCUT2D eigenvalue weighted by molar-refractivity contribution is 6.01. The van der Waals surface area contributed by atoms with Crippen LogP contribution in [0, 0.1) is 6.92 Å². The molecule has 182 valence electrons. The third-order valence-electron chi connectivity index (χ3n) is 5.54. The topological polar surface area (TPSA) is 53.3 Å². The number of rotatable bonds is 6. The Morgan fingerprint density at radius 1 is 1.06 bits per heavy atom. The number of pyridine rings is 1. The quantitative estimate of drug-likeness (QED) is 0.278. The first-order valence-electron chi connectivity index (χ1n) is 11.2. The number of benzene rings is 2. The van der Waals surface area contributed by atoms with Gasteiger partial charge in [0.05, 0.1) is 29.5 Å². The Labute approximate surface area is 201 Å². The van der Waals surface area contributed by atoms with E-state index in [1.54, 1.807) is 13.0 Å². The van der Waals surface area contributed by atoms with Gasteiger partial charge in [-0.25, -0.2) is 4.79 Å². The Balaban J connectivity index is 1.84. The summed E-state index contributed by atoms with van der Waals surface area (Å²) in [6.45, 7) is 7.68. The largest absolute Gasteiger partial charge is 0.491 e. The Bertz CT molecular complexity index is 1360. The number of hydrogen-bond acceptors (Lipinski definition) is 4. The van der Waals surface area contributed by atoms with E-state index in [0.29, 0.717) is 28.3 Å². The molecule has 0 aliphatic carbocycles. The van der Waals surface area contributed by atoms with Crippen LogP contribution in [-0.4, -0.2) is 28.2 Å². The molecule has 2 aromatic heterocycles. The van der Waals surface area contributed by atoms with Crippen molar-refractivity contribution < 1.29 is 27.4 Å². The molecule has 0 spiro atoms. The Kier molecular flexibility index (Phi) is 6.56. The number of alkyl halides is 3. The van der Waals surface area contributed by atoms with E-state index in [1.807, 2.05) is 61.7 Å². The normalized spacial score (nSPS) is 11.8. The third kappa shape index (κ3) is 4.87. The van der Waals surface area contributed by atoms with Crippen molar-refractivity contribution in [3.8, 4) is 22.7 Å². The summed E-state index contributed by atoms with van der Waals surface area (Å²) in [7, 11) is 0. The van der Waals surface area contributed by atoms with E-state index in [1.165, 1.54) is 6.07 Å². The fourth-order valence-electron chi connectivity index (χ4n) is 4.00. The highest BCUT2D eigenvalue weighted by atomic mass is 19.4. The molecule has 0 radical (unpaired) electrons. The second kappa shape index (κ2) is 9.44. The molecule has 4 aromatic rings. The molecular weight excluding hydrogens is 457 g/mol. The van der Waals surface area contributed by atoms with Crippen molar-refractivity contribution in [2.45, 2.75) is 40.0 Å². The molecule has 5 nitrogen and oxygen atoms in total. The van der Waals surface area contributed by atoms with E-state index in [4.69, 9.17) is 9.47 Å². The van der Waals surface area contributed by atoms with Crippen LogP contribution in [0.5, 0.6) is 5.75 Å². The maximum absolute atomic E-state index is 12.9. The minimum atomic E-state index is -4.45. The second-order valence-electron chi connectivity index (χ2n) is 8.35. The summed E-state index contributed by atoms with van der Waals surface area (Å²) in [4.78, 5) is 16.9. The smallest absolute Gasteiger partial charge is 0.417 e. The van der Waals surface area contributed by atoms with Crippen LogP contribution in [0.1, 0.15) is 42.4 Å². The van der Waals surface area contributed by atoms with Crippen molar-refractivity contribution in [2.24, 2.45) is 0 Å². The molecule has 8 heteroatoms. The van der Waals surface area contributed by atoms with Gasteiger partial charge in [0.15, 0.2) is 0 Å². The van der Waals surface area contributed by atoms with Crippen molar-refractivity contribution in [1.29, 1.82) is 0 Å². The van der Waals surface area contributed by atoms with Gasteiger partial charge in [-0.3, -0.25) is 4.98 Å². The summed E-state index contributed by atoms with van der Waals surface area (Å²) >= 11 is 0. The first-order chi connectivity index (χ1) is 16.6. The average molecular weight is 483 g/mol. The Morgan fingerprint density at radius 3 is 2.34 bits per heavy atom. The summed E-state index contributed by atoms with van der Waals surface area (Å²) < 4.78 is 51.7. The predicted molar refractivity (Wildman–Crippen MR) is 128 cm³/mol. The second-order valence-corrected chi connectivity index (χ2v) is 8.35. The van der Waals surface area contributed by atoms with Gasteiger partial charge in [0.25, 0.3) is 0 Å². The van der Waals surface area contributed by atoms with Crippen LogP contribution in [0.3, 0.4) is 0 Å². The van der Waals surface area contributed by atoms with Crippen molar-refractivity contribution in [3.05, 3.63) is 77.6 Å². The monoisotopic (exact) mass is 482 g/mol. The minimum Gasteiger partial charge on any atom is -0.491 e. The lowest BCUT2D eigenvalue weighted by Gasteiger charge is -2.13. The lowest BCUT2D eigenvalue weighted by molar-refractivity contribution is -0.137. The molecule has 2 aromatic carbocycles. The van der Waals surface area contributed by atoms with E-state index in [0.717, 1.165) is 28.9 Å². The number of aryl methyl sites for hydroxylation is 1. The zero-order valence-corrected chi connectivity index (χ0v) is 19.8. The number of nitrogens with zero attached hydrogens (tertiary/aromatic N) is 2. The van der Waals surface area contributed by atoms with E-state index in [9.17, 15) is 18.0 Å². The third-order valence-corrected chi connectivity index (χ3v) is 5.54. The molecule has 0 atom stereocenters. The number of aromatic nitrogens is 2. The number of carbonyl (C=O) groups excluding carboxylic acids is 1. The van der Waals surface area contributed by atoms with Gasteiger partial charge in [0, 0.05) is 22.8 Å². The van der Waals surface area contributed by atoms with Gasteiger partial charge in [0.1, 0.15) is 11.4 Å². The van der Waals surface area contributed by atoms with E-state index >= 15 is 0 Å². The van der Waals surface area contributed by atoms with Gasteiger partial charge >= 0.3 is 12.1 Å². The van der Waals surface area contributed by atoms with E-state index in [-0.39, 0.29) is 12.7 Å². The van der Waals surface area contributed by atoms with Crippen molar-refractivity contribution >= 4 is 16.9 Å². The van der Waals surface area contributed by atoms with Gasteiger partial charge in [-0.15, -0.1) is 0 Å². The minimum absolute atomic E-state index is 0.0304. The molecule has 4 rings (SSSR count). The van der Waals surface area contributed by atoms with Crippen LogP contribution < -0.4 is 4.74 Å². The standard InChI is InChI=1S/C27H25F3N2O3/c1-5-34-26(33)25-17(4)22-14-18(23-12-7-19(15-31-23)27(28,29)30)6-13-24(22)32(25)20-8-10-21(11-9-20)35-16(2)3/h6-16H,5H2,1-4H3. The first-order valence-corrected chi connectivity index (χ1v) is 11.2. The summed E-state index contributed by atoms with van der Waals surface area (Å²) in [5, 5.41) is 0.773. The SMILES string of the molecule is CCOC(=O)c1c(C)c2cc(-c3ccc(C(F)(F)F)cn3)ccc2n1-c1ccc(OC(C)C)cc1. The summed E-state index contributed by atoms with van der Waals surface area (Å²) in [5.41, 5.74) is 2.84. The maximum Gasteiger partial charge on any atom is 0.417 e. The van der Waals surface area contributed by atoms with Gasteiger partial charge in [-0.05, 0) is 81.8 Å². The average Bonchev–Trinajstić information content (AvgIpc) is 3.11. The van der Waals surface area contributed by atoms with Gasteiger partial charge in [-0.1, -0.05) is 6.07 Å². The molecular formula is C27H25F3N2O3. The van der Waals surface area contributed by atoms with Crippen LogP contribution in [0.2, 0.25) is 0 Å². The van der Waals surface area contributed by atoms with Crippen molar-refractivity contribution in [2.75, 3.05) is 6.61 Å². The molecule has 0 amide bonds. The number of hydrogen-bond donors (Lipinski definition) is 0.